The summed E-state index contributed by atoms with van der Waals surface area (Å²) in [6.45, 7) is 0.822. The van der Waals surface area contributed by atoms with E-state index in [1.165, 1.54) is 17.4 Å². The molecular weight excluding hydrogens is 338 g/mol. The minimum atomic E-state index is -0.918. The standard InChI is InChI=1S/C20H26F2N2O2/c1-23(13-14-9-10-16(21)17(22)12-14)20(26)18-8-5-11-24(18)19(25)15-6-3-2-4-7-15/h9-10,12,15,18H,2-8,11,13H2,1H3. The molecule has 0 bridgehead atoms. The summed E-state index contributed by atoms with van der Waals surface area (Å²) in [6, 6.07) is 3.22. The first-order valence-electron chi connectivity index (χ1n) is 9.46. The largest absolute Gasteiger partial charge is 0.340 e. The molecule has 1 aromatic rings. The minimum absolute atomic E-state index is 0.0497. The molecule has 0 spiro atoms. The number of carbonyl (C=O) groups is 2. The number of rotatable bonds is 4. The van der Waals surface area contributed by atoms with E-state index in [0.717, 1.165) is 44.2 Å². The monoisotopic (exact) mass is 364 g/mol. The lowest BCUT2D eigenvalue weighted by Gasteiger charge is -2.32. The predicted molar refractivity (Wildman–Crippen MR) is 94.1 cm³/mol. The number of halogens is 2. The van der Waals surface area contributed by atoms with Crippen molar-refractivity contribution in [2.45, 2.75) is 57.5 Å². The van der Waals surface area contributed by atoms with Crippen LogP contribution in [0.1, 0.15) is 50.5 Å². The molecule has 2 fully saturated rings. The van der Waals surface area contributed by atoms with E-state index in [4.69, 9.17) is 0 Å². The van der Waals surface area contributed by atoms with Gasteiger partial charge < -0.3 is 9.80 Å². The fraction of sp³-hybridized carbons (Fsp3) is 0.600. The summed E-state index contributed by atoms with van der Waals surface area (Å²) in [7, 11) is 1.64. The van der Waals surface area contributed by atoms with Gasteiger partial charge in [-0.2, -0.15) is 0 Å². The van der Waals surface area contributed by atoms with Crippen molar-refractivity contribution < 1.29 is 18.4 Å². The van der Waals surface area contributed by atoms with Crippen LogP contribution in [0.4, 0.5) is 8.78 Å². The highest BCUT2D eigenvalue weighted by atomic mass is 19.2. The fourth-order valence-corrected chi connectivity index (χ4v) is 4.12. The van der Waals surface area contributed by atoms with Crippen LogP contribution < -0.4 is 0 Å². The van der Waals surface area contributed by atoms with Crippen molar-refractivity contribution in [1.29, 1.82) is 0 Å². The molecule has 2 aliphatic rings. The zero-order valence-electron chi connectivity index (χ0n) is 15.2. The number of benzene rings is 1. The summed E-state index contributed by atoms with van der Waals surface area (Å²) in [5.74, 6) is -1.78. The Bertz CT molecular complexity index is 674. The van der Waals surface area contributed by atoms with Crippen molar-refractivity contribution in [3.8, 4) is 0 Å². The molecule has 1 heterocycles. The number of likely N-dealkylation sites (tertiary alicyclic amines) is 1. The van der Waals surface area contributed by atoms with Gasteiger partial charge in [-0.15, -0.1) is 0 Å². The highest BCUT2D eigenvalue weighted by molar-refractivity contribution is 5.89. The molecular formula is C20H26F2N2O2. The minimum Gasteiger partial charge on any atom is -0.340 e. The van der Waals surface area contributed by atoms with Crippen LogP contribution in [0.2, 0.25) is 0 Å². The zero-order chi connectivity index (χ0) is 18.7. The number of carbonyl (C=O) groups excluding carboxylic acids is 2. The first-order valence-corrected chi connectivity index (χ1v) is 9.46. The number of hydrogen-bond acceptors (Lipinski definition) is 2. The lowest BCUT2D eigenvalue weighted by Crippen LogP contribution is -2.48. The van der Waals surface area contributed by atoms with Crippen molar-refractivity contribution in [3.05, 3.63) is 35.4 Å². The molecule has 6 heteroatoms. The average Bonchev–Trinajstić information content (AvgIpc) is 3.14. The number of amides is 2. The third kappa shape index (κ3) is 4.05. The van der Waals surface area contributed by atoms with Crippen molar-refractivity contribution >= 4 is 11.8 Å². The molecule has 1 saturated heterocycles. The molecule has 3 rings (SSSR count). The van der Waals surface area contributed by atoms with Crippen LogP contribution in [0.15, 0.2) is 18.2 Å². The normalized spacial score (nSPS) is 21.0. The van der Waals surface area contributed by atoms with Gasteiger partial charge in [-0.1, -0.05) is 25.3 Å². The molecule has 0 radical (unpaired) electrons. The van der Waals surface area contributed by atoms with Crippen LogP contribution in [-0.2, 0) is 16.1 Å². The van der Waals surface area contributed by atoms with E-state index in [1.54, 1.807) is 11.9 Å². The Hall–Kier alpha value is -1.98. The van der Waals surface area contributed by atoms with Gasteiger partial charge in [0.05, 0.1) is 0 Å². The summed E-state index contributed by atoms with van der Waals surface area (Å²) < 4.78 is 26.4. The molecule has 1 aromatic carbocycles. The zero-order valence-corrected chi connectivity index (χ0v) is 15.2. The summed E-state index contributed by atoms with van der Waals surface area (Å²) in [5.41, 5.74) is 0.530. The van der Waals surface area contributed by atoms with Crippen LogP contribution >= 0.6 is 0 Å². The van der Waals surface area contributed by atoms with Crippen LogP contribution in [0, 0.1) is 17.6 Å². The van der Waals surface area contributed by atoms with Crippen LogP contribution in [-0.4, -0.2) is 41.2 Å². The lowest BCUT2D eigenvalue weighted by molar-refractivity contribution is -0.146. The van der Waals surface area contributed by atoms with Crippen LogP contribution in [0.3, 0.4) is 0 Å². The van der Waals surface area contributed by atoms with Gasteiger partial charge in [0.2, 0.25) is 11.8 Å². The van der Waals surface area contributed by atoms with Gasteiger partial charge in [-0.3, -0.25) is 9.59 Å². The maximum Gasteiger partial charge on any atom is 0.245 e. The van der Waals surface area contributed by atoms with E-state index in [2.05, 4.69) is 0 Å². The molecule has 2 amide bonds. The van der Waals surface area contributed by atoms with Crippen molar-refractivity contribution in [3.63, 3.8) is 0 Å². The van der Waals surface area contributed by atoms with Gasteiger partial charge in [-0.05, 0) is 43.4 Å². The van der Waals surface area contributed by atoms with E-state index in [1.807, 2.05) is 0 Å². The van der Waals surface area contributed by atoms with Gasteiger partial charge in [0.1, 0.15) is 6.04 Å². The smallest absolute Gasteiger partial charge is 0.245 e. The topological polar surface area (TPSA) is 40.6 Å². The summed E-state index contributed by atoms with van der Waals surface area (Å²) in [4.78, 5) is 29.0. The number of hydrogen-bond donors (Lipinski definition) is 0. The Morgan fingerprint density at radius 3 is 2.50 bits per heavy atom. The average molecular weight is 364 g/mol. The fourth-order valence-electron chi connectivity index (χ4n) is 4.12. The maximum absolute atomic E-state index is 13.4. The third-order valence-corrected chi connectivity index (χ3v) is 5.56. The van der Waals surface area contributed by atoms with E-state index < -0.39 is 17.7 Å². The lowest BCUT2D eigenvalue weighted by atomic mass is 9.88. The van der Waals surface area contributed by atoms with Gasteiger partial charge in [-0.25, -0.2) is 8.78 Å². The predicted octanol–water partition coefficient (Wildman–Crippen LogP) is 3.49. The Labute approximate surface area is 153 Å². The molecule has 1 aliphatic heterocycles. The summed E-state index contributed by atoms with van der Waals surface area (Å²) in [5, 5.41) is 0. The maximum atomic E-state index is 13.4. The first kappa shape index (κ1) is 18.8. The molecule has 26 heavy (non-hydrogen) atoms. The molecule has 1 aliphatic carbocycles. The van der Waals surface area contributed by atoms with Gasteiger partial charge in [0, 0.05) is 26.1 Å². The first-order chi connectivity index (χ1) is 12.5. The Kier molecular flexibility index (Phi) is 5.89. The second-order valence-corrected chi connectivity index (χ2v) is 7.47. The van der Waals surface area contributed by atoms with Crippen LogP contribution in [0.5, 0.6) is 0 Å². The third-order valence-electron chi connectivity index (χ3n) is 5.56. The van der Waals surface area contributed by atoms with Gasteiger partial charge in [0.15, 0.2) is 11.6 Å². The molecule has 0 aromatic heterocycles. The molecule has 1 saturated carbocycles. The van der Waals surface area contributed by atoms with E-state index in [0.29, 0.717) is 18.5 Å². The Morgan fingerprint density at radius 1 is 1.08 bits per heavy atom. The van der Waals surface area contributed by atoms with E-state index in [9.17, 15) is 18.4 Å². The van der Waals surface area contributed by atoms with Gasteiger partial charge in [0.25, 0.3) is 0 Å². The summed E-state index contributed by atoms with van der Waals surface area (Å²) in [6.07, 6.45) is 6.68. The SMILES string of the molecule is CN(Cc1ccc(F)c(F)c1)C(=O)C1CCCN1C(=O)C1CCCCC1. The highest BCUT2D eigenvalue weighted by Gasteiger charge is 2.38. The van der Waals surface area contributed by atoms with Gasteiger partial charge >= 0.3 is 0 Å². The van der Waals surface area contributed by atoms with Crippen molar-refractivity contribution in [1.82, 2.24) is 9.80 Å². The Balaban J connectivity index is 1.64. The van der Waals surface area contributed by atoms with Crippen LogP contribution in [0.25, 0.3) is 0 Å². The molecule has 142 valence electrons. The molecule has 1 unspecified atom stereocenters. The summed E-state index contributed by atoms with van der Waals surface area (Å²) >= 11 is 0. The Morgan fingerprint density at radius 2 is 1.81 bits per heavy atom. The second-order valence-electron chi connectivity index (χ2n) is 7.47. The van der Waals surface area contributed by atoms with Crippen molar-refractivity contribution in [2.75, 3.05) is 13.6 Å². The second kappa shape index (κ2) is 8.14. The molecule has 1 atom stereocenters. The molecule has 4 nitrogen and oxygen atoms in total. The molecule has 0 N–H and O–H groups in total. The highest BCUT2D eigenvalue weighted by Crippen LogP contribution is 2.29. The quantitative estimate of drug-likeness (QED) is 0.821. The van der Waals surface area contributed by atoms with Crippen molar-refractivity contribution in [2.24, 2.45) is 5.92 Å². The number of nitrogens with zero attached hydrogens (tertiary/aromatic N) is 2. The van der Waals surface area contributed by atoms with E-state index >= 15 is 0 Å². The van der Waals surface area contributed by atoms with E-state index in [-0.39, 0.29) is 24.3 Å². The number of likely N-dealkylation sites (N-methyl/N-ethyl adjacent to an activating group) is 1.